The van der Waals surface area contributed by atoms with E-state index >= 15 is 0 Å². The zero-order valence-electron chi connectivity index (χ0n) is 18.6. The predicted molar refractivity (Wildman–Crippen MR) is 116 cm³/mol. The number of nitrogens with one attached hydrogen (secondary N) is 2. The van der Waals surface area contributed by atoms with Crippen LogP contribution in [0.5, 0.6) is 0 Å². The molecule has 1 heterocycles. The number of carbonyl (C=O) groups is 2. The number of unbranched alkanes of at least 4 members (excludes halogenated alkanes) is 2. The molecule has 3 atom stereocenters. The number of carbonyl (C=O) groups excluding carboxylic acids is 2. The van der Waals surface area contributed by atoms with Gasteiger partial charge in [-0.3, -0.25) is 4.98 Å². The molecule has 0 spiro atoms. The molecule has 0 saturated heterocycles. The molecule has 9 heteroatoms. The van der Waals surface area contributed by atoms with Crippen LogP contribution in [0.1, 0.15) is 65.0 Å². The van der Waals surface area contributed by atoms with Gasteiger partial charge >= 0.3 is 12.2 Å². The fraction of sp³-hybridized carbons (Fsp3) is 0.667. The first kappa shape index (κ1) is 25.6. The maximum atomic E-state index is 12.1. The molecule has 30 heavy (non-hydrogen) atoms. The largest absolute Gasteiger partial charge is 0.430 e. The van der Waals surface area contributed by atoms with Crippen LogP contribution < -0.4 is 16.4 Å². The lowest BCUT2D eigenvalue weighted by Gasteiger charge is -2.34. The van der Waals surface area contributed by atoms with Gasteiger partial charge in [-0.1, -0.05) is 32.8 Å². The van der Waals surface area contributed by atoms with Crippen LogP contribution in [0.25, 0.3) is 0 Å². The molecule has 9 nitrogen and oxygen atoms in total. The minimum absolute atomic E-state index is 0.304. The van der Waals surface area contributed by atoms with Crippen LogP contribution in [0.2, 0.25) is 0 Å². The fourth-order valence-corrected chi connectivity index (χ4v) is 2.78. The van der Waals surface area contributed by atoms with Crippen molar-refractivity contribution in [3.8, 4) is 0 Å². The average Bonchev–Trinajstić information content (AvgIpc) is 2.72. The van der Waals surface area contributed by atoms with Crippen LogP contribution in [0.15, 0.2) is 24.5 Å². The van der Waals surface area contributed by atoms with E-state index in [-0.39, 0.29) is 0 Å². The molecule has 0 radical (unpaired) electrons. The van der Waals surface area contributed by atoms with E-state index < -0.39 is 30.7 Å². The Morgan fingerprint density at radius 2 is 1.60 bits per heavy atom. The molecule has 0 aliphatic heterocycles. The van der Waals surface area contributed by atoms with E-state index in [0.29, 0.717) is 19.6 Å². The van der Waals surface area contributed by atoms with Gasteiger partial charge < -0.3 is 25.8 Å². The van der Waals surface area contributed by atoms with Gasteiger partial charge in [0.05, 0.1) is 0 Å². The molecule has 2 amide bonds. The number of nitrogens with zero attached hydrogens (tertiary/aromatic N) is 2. The lowest BCUT2D eigenvalue weighted by molar-refractivity contribution is -0.0940. The molecule has 3 unspecified atom stereocenters. The maximum Gasteiger partial charge on any atom is 0.408 e. The van der Waals surface area contributed by atoms with Crippen LogP contribution in [-0.4, -0.2) is 54.2 Å². The molecular formula is C21H37N5O4. The van der Waals surface area contributed by atoms with Gasteiger partial charge in [0.15, 0.2) is 12.5 Å². The number of amides is 2. The highest BCUT2D eigenvalue weighted by Gasteiger charge is 2.28. The second-order valence-corrected chi connectivity index (χ2v) is 7.16. The molecule has 0 saturated carbocycles. The number of alkyl carbamates (subject to hydrolysis) is 2. The van der Waals surface area contributed by atoms with E-state index in [9.17, 15) is 9.59 Å². The van der Waals surface area contributed by atoms with Crippen molar-refractivity contribution >= 4 is 12.2 Å². The molecule has 0 fully saturated rings. The summed E-state index contributed by atoms with van der Waals surface area (Å²) in [6.07, 6.45) is 4.70. The van der Waals surface area contributed by atoms with Gasteiger partial charge in [0.25, 0.3) is 0 Å². The van der Waals surface area contributed by atoms with Crippen LogP contribution in [0, 0.1) is 0 Å². The Kier molecular flexibility index (Phi) is 12.5. The van der Waals surface area contributed by atoms with Gasteiger partial charge in [-0.25, -0.2) is 14.5 Å². The summed E-state index contributed by atoms with van der Waals surface area (Å²) in [6.45, 7) is 8.93. The second-order valence-electron chi connectivity index (χ2n) is 7.16. The molecule has 0 aliphatic rings. The third kappa shape index (κ3) is 9.89. The first-order valence-corrected chi connectivity index (χ1v) is 10.7. The van der Waals surface area contributed by atoms with Gasteiger partial charge in [0, 0.05) is 38.1 Å². The highest BCUT2D eigenvalue weighted by molar-refractivity contribution is 5.67. The van der Waals surface area contributed by atoms with Crippen LogP contribution in [0.4, 0.5) is 9.59 Å². The van der Waals surface area contributed by atoms with E-state index in [1.54, 1.807) is 31.1 Å². The van der Waals surface area contributed by atoms with Crippen LogP contribution in [-0.2, 0) is 9.47 Å². The summed E-state index contributed by atoms with van der Waals surface area (Å²) in [5, 5.41) is 5.44. The number of pyridine rings is 1. The van der Waals surface area contributed by atoms with E-state index in [1.165, 1.54) is 0 Å². The molecule has 170 valence electrons. The fourth-order valence-electron chi connectivity index (χ4n) is 2.78. The first-order valence-electron chi connectivity index (χ1n) is 10.7. The van der Waals surface area contributed by atoms with Gasteiger partial charge in [0.2, 0.25) is 0 Å². The lowest BCUT2D eigenvalue weighted by Crippen LogP contribution is -2.49. The van der Waals surface area contributed by atoms with Crippen LogP contribution >= 0.6 is 0 Å². The van der Waals surface area contributed by atoms with Crippen molar-refractivity contribution < 1.29 is 19.1 Å². The van der Waals surface area contributed by atoms with Gasteiger partial charge in [0.1, 0.15) is 0 Å². The Bertz CT molecular complexity index is 587. The quantitative estimate of drug-likeness (QED) is 0.329. The summed E-state index contributed by atoms with van der Waals surface area (Å²) in [5.74, 6) is 0. The Hall–Kier alpha value is -2.39. The number of nitrogens with two attached hydrogens (primary N) is 1. The van der Waals surface area contributed by atoms with Crippen molar-refractivity contribution in [3.63, 3.8) is 0 Å². The summed E-state index contributed by atoms with van der Waals surface area (Å²) in [6, 6.07) is 3.28. The standard InChI is InChI=1S/C21H37N5O4/c1-5-7-12-24-20(27)29-16(3)26(15-19(22)18-10-9-11-23-14-18)17(4)30-21(28)25-13-8-6-2/h9-11,14,16-17,19H,5-8,12-13,15,22H2,1-4H3,(H,24,27)(H,25,28). The summed E-state index contributed by atoms with van der Waals surface area (Å²) in [5.41, 5.74) is 7.17. The number of aromatic nitrogens is 1. The Labute approximate surface area is 179 Å². The molecule has 0 bridgehead atoms. The third-order valence-electron chi connectivity index (χ3n) is 4.61. The zero-order chi connectivity index (χ0) is 22.4. The highest BCUT2D eigenvalue weighted by atomic mass is 16.6. The minimum Gasteiger partial charge on any atom is -0.430 e. The minimum atomic E-state index is -0.659. The van der Waals surface area contributed by atoms with Crippen LogP contribution in [0.3, 0.4) is 0 Å². The topological polar surface area (TPSA) is 119 Å². The average molecular weight is 424 g/mol. The Morgan fingerprint density at radius 1 is 1.07 bits per heavy atom. The van der Waals surface area contributed by atoms with E-state index in [2.05, 4.69) is 15.6 Å². The summed E-state index contributed by atoms with van der Waals surface area (Å²) < 4.78 is 11.0. The van der Waals surface area contributed by atoms with Gasteiger partial charge in [-0.15, -0.1) is 0 Å². The molecule has 1 aromatic heterocycles. The van der Waals surface area contributed by atoms with E-state index in [4.69, 9.17) is 15.2 Å². The molecule has 1 rings (SSSR count). The third-order valence-corrected chi connectivity index (χ3v) is 4.61. The van der Waals surface area contributed by atoms with Crippen molar-refractivity contribution in [1.29, 1.82) is 0 Å². The van der Waals surface area contributed by atoms with Gasteiger partial charge in [-0.2, -0.15) is 0 Å². The predicted octanol–water partition coefficient (Wildman–Crippen LogP) is 3.13. The zero-order valence-corrected chi connectivity index (χ0v) is 18.6. The molecule has 0 aromatic carbocycles. The Balaban J connectivity index is 2.78. The molecular weight excluding hydrogens is 386 g/mol. The SMILES string of the molecule is CCCCNC(=O)OC(C)N(CC(N)c1cccnc1)C(C)OC(=O)NCCCC. The number of hydrogen-bond donors (Lipinski definition) is 3. The van der Waals surface area contributed by atoms with Crippen molar-refractivity contribution in [2.24, 2.45) is 5.73 Å². The number of rotatable bonds is 13. The summed E-state index contributed by atoms with van der Waals surface area (Å²) >= 11 is 0. The van der Waals surface area contributed by atoms with Crippen molar-refractivity contribution in [1.82, 2.24) is 20.5 Å². The van der Waals surface area contributed by atoms with Crippen molar-refractivity contribution in [3.05, 3.63) is 30.1 Å². The molecule has 0 aliphatic carbocycles. The monoisotopic (exact) mass is 423 g/mol. The summed E-state index contributed by atoms with van der Waals surface area (Å²) in [7, 11) is 0. The normalized spacial score (nSPS) is 13.9. The van der Waals surface area contributed by atoms with Crippen molar-refractivity contribution in [2.75, 3.05) is 19.6 Å². The number of ether oxygens (including phenoxy) is 2. The second kappa shape index (κ2) is 14.6. The smallest absolute Gasteiger partial charge is 0.408 e. The first-order chi connectivity index (χ1) is 14.4. The highest BCUT2D eigenvalue weighted by Crippen LogP contribution is 2.16. The van der Waals surface area contributed by atoms with E-state index in [1.807, 2.05) is 26.0 Å². The summed E-state index contributed by atoms with van der Waals surface area (Å²) in [4.78, 5) is 30.0. The molecule has 4 N–H and O–H groups in total. The van der Waals surface area contributed by atoms with Gasteiger partial charge in [-0.05, 0) is 38.3 Å². The van der Waals surface area contributed by atoms with E-state index in [0.717, 1.165) is 31.2 Å². The number of hydrogen-bond acceptors (Lipinski definition) is 7. The Morgan fingerprint density at radius 3 is 2.03 bits per heavy atom. The molecule has 1 aromatic rings. The van der Waals surface area contributed by atoms with Crippen molar-refractivity contribution in [2.45, 2.75) is 71.9 Å². The maximum absolute atomic E-state index is 12.1. The lowest BCUT2D eigenvalue weighted by atomic mass is 10.1.